The number of nitrogens with zero attached hydrogens (tertiary/aromatic N) is 2. The Bertz CT molecular complexity index is 2260. The van der Waals surface area contributed by atoms with Gasteiger partial charge < -0.3 is 29.5 Å². The topological polar surface area (TPSA) is 145 Å². The van der Waals surface area contributed by atoms with Crippen molar-refractivity contribution in [1.29, 1.82) is 0 Å². The summed E-state index contributed by atoms with van der Waals surface area (Å²) in [6.07, 6.45) is 43.8. The summed E-state index contributed by atoms with van der Waals surface area (Å²) in [6.45, 7) is 5.28. The predicted octanol–water partition coefficient (Wildman–Crippen LogP) is 18.3. The van der Waals surface area contributed by atoms with Gasteiger partial charge in [-0.1, -0.05) is 304 Å². The van der Waals surface area contributed by atoms with Crippen molar-refractivity contribution >= 4 is 80.7 Å². The van der Waals surface area contributed by atoms with Crippen molar-refractivity contribution in [2.45, 2.75) is 268 Å². The number of benzene rings is 4. The zero-order valence-corrected chi connectivity index (χ0v) is 53.0. The van der Waals surface area contributed by atoms with E-state index in [0.29, 0.717) is 37.3 Å². The molecule has 0 spiro atoms. The van der Waals surface area contributed by atoms with E-state index in [9.17, 15) is 25.9 Å². The molecule has 2 aliphatic heterocycles. The van der Waals surface area contributed by atoms with E-state index in [1.54, 1.807) is 9.80 Å². The van der Waals surface area contributed by atoms with Gasteiger partial charge in [-0.2, -0.15) is 0 Å². The fraction of sp³-hybridized carbons (Fsp3) is 0.636. The number of hydrogen-bond acceptors (Lipinski definition) is 10. The third-order valence-corrected chi connectivity index (χ3v) is 19.1. The molecule has 2 heterocycles. The van der Waals surface area contributed by atoms with Crippen LogP contribution in [0.1, 0.15) is 256 Å². The molecule has 0 bridgehead atoms. The van der Waals surface area contributed by atoms with Gasteiger partial charge in [0.05, 0.1) is 22.7 Å². The predicted molar refractivity (Wildman–Crippen MR) is 334 cm³/mol. The Morgan fingerprint density at radius 2 is 0.570 bits per heavy atom. The number of unbranched alkanes of at least 4 members (excludes halogenated alkanes) is 32. The quantitative estimate of drug-likeness (QED) is 0.0250. The fourth-order valence-electron chi connectivity index (χ4n) is 11.8. The van der Waals surface area contributed by atoms with Crippen molar-refractivity contribution in [3.8, 4) is 0 Å². The largest absolute Gasteiger partial charge is 2.00 e. The van der Waals surface area contributed by atoms with Crippen LogP contribution in [0.3, 0.4) is 0 Å². The van der Waals surface area contributed by atoms with Crippen LogP contribution in [0.2, 0.25) is 0 Å². The minimum absolute atomic E-state index is 0. The molecule has 0 aromatic heterocycles. The van der Waals surface area contributed by atoms with Gasteiger partial charge in [-0.05, 0) is 48.2 Å². The first-order chi connectivity index (χ1) is 38.0. The molecule has 0 radical (unpaired) electrons. The van der Waals surface area contributed by atoms with Crippen LogP contribution in [0.5, 0.6) is 0 Å². The second-order valence-electron chi connectivity index (χ2n) is 22.7. The van der Waals surface area contributed by atoms with E-state index >= 15 is 0 Å². The van der Waals surface area contributed by atoms with E-state index in [2.05, 4.69) is 24.5 Å². The zero-order chi connectivity index (χ0) is 55.6. The summed E-state index contributed by atoms with van der Waals surface area (Å²) >= 11 is 0. The Morgan fingerprint density at radius 1 is 0.342 bits per heavy atom. The summed E-state index contributed by atoms with van der Waals surface area (Å²) in [4.78, 5) is 0.239. The van der Waals surface area contributed by atoms with Gasteiger partial charge in [-0.25, -0.2) is 16.8 Å². The minimum atomic E-state index is -4.66. The second kappa shape index (κ2) is 38.8. The van der Waals surface area contributed by atoms with Gasteiger partial charge in [0.1, 0.15) is 20.2 Å². The maximum Gasteiger partial charge on any atom is 2.00 e. The average Bonchev–Trinajstić information content (AvgIpc) is 4.09. The third-order valence-electron chi connectivity index (χ3n) is 16.4. The number of fused-ring (bicyclic) bond motifs is 2. The summed E-state index contributed by atoms with van der Waals surface area (Å²) in [5.74, 6) is 0. The maximum atomic E-state index is 12.8. The van der Waals surface area contributed by atoms with Gasteiger partial charge in [0.25, 0.3) is 0 Å². The van der Waals surface area contributed by atoms with Crippen molar-refractivity contribution in [2.24, 2.45) is 0 Å². The zero-order valence-electron chi connectivity index (χ0n) is 49.1. The molecule has 0 aliphatic carbocycles. The van der Waals surface area contributed by atoms with E-state index in [-0.39, 0.29) is 50.6 Å². The van der Waals surface area contributed by atoms with Crippen LogP contribution in [-0.2, 0) is 33.3 Å². The Balaban J connectivity index is 0.000000336. The van der Waals surface area contributed by atoms with E-state index in [1.165, 1.54) is 180 Å². The Morgan fingerprint density at radius 3 is 0.823 bits per heavy atom. The van der Waals surface area contributed by atoms with E-state index in [0.717, 1.165) is 48.2 Å². The first-order valence-electron chi connectivity index (χ1n) is 31.2. The summed E-state index contributed by atoms with van der Waals surface area (Å²) < 4.78 is 76.6. The van der Waals surface area contributed by atoms with Gasteiger partial charge in [0.15, 0.2) is 0 Å². The summed E-state index contributed by atoms with van der Waals surface area (Å²) in [7, 11) is -9.32. The fourth-order valence-corrected chi connectivity index (χ4v) is 13.9. The van der Waals surface area contributed by atoms with E-state index in [4.69, 9.17) is 0 Å². The molecule has 4 aromatic carbocycles. The van der Waals surface area contributed by atoms with Gasteiger partial charge in [0.2, 0.25) is 9.99 Å². The Kier molecular flexibility index (Phi) is 33.8. The number of hydrogen-bond donors (Lipinski definition) is 2. The molecule has 0 amide bonds. The van der Waals surface area contributed by atoms with E-state index in [1.807, 2.05) is 109 Å². The maximum absolute atomic E-state index is 12.8. The van der Waals surface area contributed by atoms with Crippen LogP contribution < -0.4 is 20.4 Å². The van der Waals surface area contributed by atoms with Crippen molar-refractivity contribution < 1.29 is 25.9 Å². The molecule has 13 heteroatoms. The van der Waals surface area contributed by atoms with Gasteiger partial charge in [-0.15, -0.1) is 0 Å². The number of rotatable bonds is 42. The van der Waals surface area contributed by atoms with Crippen LogP contribution in [-0.4, -0.2) is 73.7 Å². The second-order valence-corrected chi connectivity index (χ2v) is 25.9. The van der Waals surface area contributed by atoms with Crippen molar-refractivity contribution in [2.75, 3.05) is 20.4 Å². The number of para-hydroxylation sites is 4. The molecule has 2 atom stereocenters. The first kappa shape index (κ1) is 68.7. The van der Waals surface area contributed by atoms with E-state index < -0.39 is 30.2 Å². The molecule has 0 saturated carbocycles. The van der Waals surface area contributed by atoms with Crippen LogP contribution >= 0.6 is 0 Å². The van der Waals surface area contributed by atoms with Crippen LogP contribution in [0.4, 0.5) is 22.7 Å². The van der Waals surface area contributed by atoms with Crippen molar-refractivity contribution in [3.05, 3.63) is 120 Å². The molecular weight excluding hydrogens is 1050 g/mol. The van der Waals surface area contributed by atoms with Crippen LogP contribution in [0.15, 0.2) is 109 Å². The standard InChI is InChI=1S/2C33H52N2O3S.Ca/c2*1-2-3-4-5-6-7-8-9-10-11-12-13-14-15-16-17-23-28-33(39(36,37)38)34-31-26-21-22-27-32(31)35(33)29-30-24-19-18-20-25-30;/h2*18-22,24-27,34H,2-17,23,28-29H2,1H3,(H,36,37,38);/q;;+2/p-2. The average molecular weight is 1150 g/mol. The molecule has 436 valence electrons. The minimum Gasteiger partial charge on any atom is -0.745 e. The molecule has 79 heavy (non-hydrogen) atoms. The smallest absolute Gasteiger partial charge is 0.745 e. The molecule has 6 rings (SSSR count). The molecule has 2 unspecified atom stereocenters. The monoisotopic (exact) mass is 1150 g/mol. The van der Waals surface area contributed by atoms with Crippen molar-refractivity contribution in [3.63, 3.8) is 0 Å². The van der Waals surface area contributed by atoms with Crippen LogP contribution in [0.25, 0.3) is 0 Å². The van der Waals surface area contributed by atoms with Gasteiger partial charge >= 0.3 is 37.7 Å². The molecule has 0 saturated heterocycles. The summed E-state index contributed by atoms with van der Waals surface area (Å²) in [5.41, 5.74) is 4.91. The third kappa shape index (κ3) is 23.4. The Labute approximate surface area is 511 Å². The van der Waals surface area contributed by atoms with Crippen molar-refractivity contribution in [1.82, 2.24) is 0 Å². The van der Waals surface area contributed by atoms with Crippen LogP contribution in [0, 0.1) is 0 Å². The summed E-state index contributed by atoms with van der Waals surface area (Å²) in [6, 6.07) is 34.5. The SMILES string of the molecule is CCCCCCCCCCCCCCCCCCCC1(S(=O)(=O)[O-])Nc2ccccc2N1Cc1ccccc1.CCCCCCCCCCCCCCCCCCCC1(S(=O)(=O)[O-])Nc2ccccc2N1Cc1ccccc1.[Ca+2]. The molecule has 4 aromatic rings. The first-order valence-corrected chi connectivity index (χ1v) is 34.1. The Hall–Kier alpha value is -2.84. The molecular formula is C66H102CaN4O6S2. The molecule has 0 fully saturated rings. The molecule has 2 aliphatic rings. The molecule has 10 nitrogen and oxygen atoms in total. The summed E-state index contributed by atoms with van der Waals surface area (Å²) in [5, 5.41) is 6.28. The molecule has 2 N–H and O–H groups in total. The number of nitrogens with one attached hydrogen (secondary N) is 2. The van der Waals surface area contributed by atoms with Gasteiger partial charge in [-0.3, -0.25) is 0 Å². The normalized spacial score (nSPS) is 16.6. The number of anilines is 4. The van der Waals surface area contributed by atoms with Gasteiger partial charge in [0, 0.05) is 25.9 Å².